The number of furan rings is 1. The average molecular weight is 376 g/mol. The maximum atomic E-state index is 12.7. The molecule has 4 rings (SSSR count). The smallest absolute Gasteiger partial charge is 0.435 e. The topological polar surface area (TPSA) is 81.7 Å². The molecule has 0 saturated carbocycles. The number of hydrogen-bond donors (Lipinski definition) is 1. The van der Waals surface area contributed by atoms with Crippen molar-refractivity contribution < 1.29 is 27.1 Å². The minimum Gasteiger partial charge on any atom is -0.493 e. The van der Waals surface area contributed by atoms with E-state index in [1.165, 1.54) is 25.6 Å². The minimum absolute atomic E-state index is 0.00815. The molecule has 0 aliphatic carbocycles. The van der Waals surface area contributed by atoms with Crippen LogP contribution in [0.4, 0.5) is 18.9 Å². The first-order valence-electron chi connectivity index (χ1n) is 7.65. The third kappa shape index (κ3) is 3.05. The van der Waals surface area contributed by atoms with Crippen molar-refractivity contribution in [2.45, 2.75) is 6.18 Å². The quantitative estimate of drug-likeness (QED) is 0.589. The van der Waals surface area contributed by atoms with Gasteiger partial charge in [-0.25, -0.2) is 9.50 Å². The maximum absolute atomic E-state index is 12.7. The van der Waals surface area contributed by atoms with Crippen molar-refractivity contribution in [2.24, 2.45) is 0 Å². The number of anilines is 1. The number of rotatable bonds is 3. The number of methoxy groups -OCH3 is 1. The summed E-state index contributed by atoms with van der Waals surface area (Å²) in [6.45, 7) is 0. The Morgan fingerprint density at radius 2 is 2.11 bits per heavy atom. The summed E-state index contributed by atoms with van der Waals surface area (Å²) in [4.78, 5) is 16.3. The summed E-state index contributed by atoms with van der Waals surface area (Å²) in [7, 11) is 1.48. The lowest BCUT2D eigenvalue weighted by Gasteiger charge is -2.03. The monoisotopic (exact) mass is 376 g/mol. The molecular weight excluding hydrogens is 365 g/mol. The SMILES string of the molecule is COc1cccc2cc(C(=O)Nc3cnc4cc(C(F)(F)F)nn4c3)oc12. The van der Waals surface area contributed by atoms with Crippen LogP contribution in [0.1, 0.15) is 16.2 Å². The zero-order valence-corrected chi connectivity index (χ0v) is 13.7. The Kier molecular flexibility index (Phi) is 3.76. The van der Waals surface area contributed by atoms with Crippen molar-refractivity contribution >= 4 is 28.2 Å². The van der Waals surface area contributed by atoms with Crippen LogP contribution in [0.15, 0.2) is 47.1 Å². The molecule has 1 aromatic carbocycles. The molecule has 1 amide bonds. The van der Waals surface area contributed by atoms with Crippen molar-refractivity contribution in [1.82, 2.24) is 14.6 Å². The molecule has 0 bridgehead atoms. The predicted molar refractivity (Wildman–Crippen MR) is 88.7 cm³/mol. The van der Waals surface area contributed by atoms with E-state index < -0.39 is 17.8 Å². The van der Waals surface area contributed by atoms with E-state index in [4.69, 9.17) is 9.15 Å². The summed E-state index contributed by atoms with van der Waals surface area (Å²) in [5, 5.41) is 6.61. The van der Waals surface area contributed by atoms with Gasteiger partial charge in [-0.05, 0) is 12.1 Å². The molecule has 3 aromatic heterocycles. The normalized spacial score (nSPS) is 11.9. The third-order valence-corrected chi connectivity index (χ3v) is 3.81. The number of nitrogens with one attached hydrogen (secondary N) is 1. The highest BCUT2D eigenvalue weighted by Crippen LogP contribution is 2.30. The van der Waals surface area contributed by atoms with Gasteiger partial charge in [-0.3, -0.25) is 4.79 Å². The summed E-state index contributed by atoms with van der Waals surface area (Å²) in [6.07, 6.45) is -2.11. The zero-order chi connectivity index (χ0) is 19.2. The highest BCUT2D eigenvalue weighted by atomic mass is 19.4. The Labute approximate surface area is 149 Å². The van der Waals surface area contributed by atoms with E-state index in [1.807, 2.05) is 0 Å². The Hall–Kier alpha value is -3.56. The van der Waals surface area contributed by atoms with Crippen molar-refractivity contribution in [3.63, 3.8) is 0 Å². The van der Waals surface area contributed by atoms with Crippen LogP contribution in [-0.2, 0) is 6.18 Å². The fraction of sp³-hybridized carbons (Fsp3) is 0.118. The molecule has 1 N–H and O–H groups in total. The Morgan fingerprint density at radius 3 is 2.85 bits per heavy atom. The molecule has 0 saturated heterocycles. The van der Waals surface area contributed by atoms with E-state index in [1.54, 1.807) is 18.2 Å². The molecule has 0 aliphatic rings. The molecule has 0 fully saturated rings. The van der Waals surface area contributed by atoms with E-state index in [0.29, 0.717) is 16.7 Å². The largest absolute Gasteiger partial charge is 0.493 e. The summed E-state index contributed by atoms with van der Waals surface area (Å²) in [5.74, 6) is -0.0884. The number of carbonyl (C=O) groups is 1. The van der Waals surface area contributed by atoms with Crippen molar-refractivity contribution in [3.8, 4) is 5.75 Å². The predicted octanol–water partition coefficient (Wildman–Crippen LogP) is 3.76. The van der Waals surface area contributed by atoms with Crippen LogP contribution >= 0.6 is 0 Å². The lowest BCUT2D eigenvalue weighted by molar-refractivity contribution is -0.141. The van der Waals surface area contributed by atoms with Gasteiger partial charge in [0.2, 0.25) is 0 Å². The lowest BCUT2D eigenvalue weighted by Crippen LogP contribution is -2.12. The van der Waals surface area contributed by atoms with E-state index in [0.717, 1.165) is 10.6 Å². The van der Waals surface area contributed by atoms with E-state index in [2.05, 4.69) is 15.4 Å². The van der Waals surface area contributed by atoms with Crippen molar-refractivity contribution in [2.75, 3.05) is 12.4 Å². The summed E-state index contributed by atoms with van der Waals surface area (Å²) in [5.41, 5.74) is -0.478. The van der Waals surface area contributed by atoms with Crippen LogP contribution in [-0.4, -0.2) is 27.6 Å². The average Bonchev–Trinajstić information content (AvgIpc) is 3.24. The second-order valence-corrected chi connectivity index (χ2v) is 5.62. The Balaban J connectivity index is 1.62. The highest BCUT2D eigenvalue weighted by Gasteiger charge is 2.34. The highest BCUT2D eigenvalue weighted by molar-refractivity contribution is 6.05. The van der Waals surface area contributed by atoms with E-state index >= 15 is 0 Å². The van der Waals surface area contributed by atoms with Crippen LogP contribution in [0.5, 0.6) is 5.75 Å². The van der Waals surface area contributed by atoms with E-state index in [-0.39, 0.29) is 17.1 Å². The summed E-state index contributed by atoms with van der Waals surface area (Å²) >= 11 is 0. The first-order valence-corrected chi connectivity index (χ1v) is 7.65. The Morgan fingerprint density at radius 1 is 1.30 bits per heavy atom. The molecule has 0 spiro atoms. The summed E-state index contributed by atoms with van der Waals surface area (Å²) in [6, 6.07) is 7.56. The molecular formula is C17H11F3N4O3. The number of aromatic nitrogens is 3. The van der Waals surface area contributed by atoms with Gasteiger partial charge >= 0.3 is 6.18 Å². The van der Waals surface area contributed by atoms with Gasteiger partial charge in [-0.2, -0.15) is 18.3 Å². The molecule has 3 heterocycles. The fourth-order valence-corrected chi connectivity index (χ4v) is 2.58. The second kappa shape index (κ2) is 6.01. The van der Waals surface area contributed by atoms with Gasteiger partial charge in [0.05, 0.1) is 25.2 Å². The van der Waals surface area contributed by atoms with Gasteiger partial charge in [0.15, 0.2) is 28.4 Å². The molecule has 0 radical (unpaired) electrons. The number of para-hydroxylation sites is 1. The molecule has 0 atom stereocenters. The number of fused-ring (bicyclic) bond motifs is 2. The first kappa shape index (κ1) is 16.9. The molecule has 0 aliphatic heterocycles. The molecule has 0 unspecified atom stereocenters. The summed E-state index contributed by atoms with van der Waals surface area (Å²) < 4.78 is 49.8. The maximum Gasteiger partial charge on any atom is 0.435 e. The first-order chi connectivity index (χ1) is 12.8. The van der Waals surface area contributed by atoms with Gasteiger partial charge in [0, 0.05) is 11.5 Å². The standard InChI is InChI=1S/C17H11F3N4O3/c1-26-11-4-2-3-9-5-12(27-15(9)11)16(25)22-10-7-21-14-6-13(17(18,19)20)23-24(14)8-10/h2-8H,1H3,(H,22,25). The number of hydrogen-bond acceptors (Lipinski definition) is 5. The van der Waals surface area contributed by atoms with Gasteiger partial charge in [0.25, 0.3) is 5.91 Å². The van der Waals surface area contributed by atoms with Crippen LogP contribution < -0.4 is 10.1 Å². The number of carbonyl (C=O) groups excluding carboxylic acids is 1. The molecule has 27 heavy (non-hydrogen) atoms. The van der Waals surface area contributed by atoms with Crippen LogP contribution in [0.3, 0.4) is 0 Å². The number of halogens is 3. The van der Waals surface area contributed by atoms with Gasteiger partial charge in [-0.1, -0.05) is 12.1 Å². The van der Waals surface area contributed by atoms with Crippen molar-refractivity contribution in [1.29, 1.82) is 0 Å². The number of ether oxygens (including phenoxy) is 1. The van der Waals surface area contributed by atoms with Crippen LogP contribution in [0, 0.1) is 0 Å². The number of benzene rings is 1. The van der Waals surface area contributed by atoms with Gasteiger partial charge in [0.1, 0.15) is 0 Å². The van der Waals surface area contributed by atoms with Gasteiger partial charge < -0.3 is 14.5 Å². The van der Waals surface area contributed by atoms with Crippen LogP contribution in [0.2, 0.25) is 0 Å². The van der Waals surface area contributed by atoms with Crippen molar-refractivity contribution in [3.05, 3.63) is 54.2 Å². The minimum atomic E-state index is -4.58. The molecule has 4 aromatic rings. The third-order valence-electron chi connectivity index (χ3n) is 3.81. The lowest BCUT2D eigenvalue weighted by atomic mass is 10.2. The van der Waals surface area contributed by atoms with Crippen LogP contribution in [0.25, 0.3) is 16.6 Å². The fourth-order valence-electron chi connectivity index (χ4n) is 2.58. The zero-order valence-electron chi connectivity index (χ0n) is 13.7. The molecule has 138 valence electrons. The van der Waals surface area contributed by atoms with E-state index in [9.17, 15) is 18.0 Å². The Bertz CT molecular complexity index is 1160. The molecule has 10 heteroatoms. The number of alkyl halides is 3. The van der Waals surface area contributed by atoms with Gasteiger partial charge in [-0.15, -0.1) is 0 Å². The number of amides is 1. The number of nitrogens with zero attached hydrogens (tertiary/aromatic N) is 3. The second-order valence-electron chi connectivity index (χ2n) is 5.62. The molecule has 7 nitrogen and oxygen atoms in total.